The zero-order valence-corrected chi connectivity index (χ0v) is 8.68. The van der Waals surface area contributed by atoms with Gasteiger partial charge in [0.15, 0.2) is 0 Å². The molecule has 0 spiro atoms. The smallest absolute Gasteiger partial charge is 0.000954 e. The zero-order valence-electron chi connectivity index (χ0n) is 8.68. The average Bonchev–Trinajstić information content (AvgIpc) is 2.87. The van der Waals surface area contributed by atoms with Crippen molar-refractivity contribution in [2.75, 3.05) is 19.6 Å². The highest BCUT2D eigenvalue weighted by Crippen LogP contribution is 2.29. The van der Waals surface area contributed by atoms with Crippen molar-refractivity contribution in [3.63, 3.8) is 0 Å². The van der Waals surface area contributed by atoms with E-state index in [0.717, 1.165) is 5.92 Å². The van der Waals surface area contributed by atoms with Gasteiger partial charge in [-0.15, -0.1) is 0 Å². The van der Waals surface area contributed by atoms with Gasteiger partial charge in [-0.3, -0.25) is 0 Å². The van der Waals surface area contributed by atoms with E-state index >= 15 is 0 Å². The first-order valence-corrected chi connectivity index (χ1v) is 5.59. The molecule has 0 heterocycles. The first-order chi connectivity index (χ1) is 5.86. The molecule has 0 bridgehead atoms. The summed E-state index contributed by atoms with van der Waals surface area (Å²) in [6, 6.07) is 0. The van der Waals surface area contributed by atoms with Crippen LogP contribution in [0.1, 0.15) is 46.0 Å². The van der Waals surface area contributed by atoms with Gasteiger partial charge in [-0.2, -0.15) is 0 Å². The second kappa shape index (κ2) is 5.58. The summed E-state index contributed by atoms with van der Waals surface area (Å²) in [6.07, 6.45) is 7.13. The van der Waals surface area contributed by atoms with E-state index < -0.39 is 0 Å². The van der Waals surface area contributed by atoms with E-state index in [-0.39, 0.29) is 0 Å². The number of unbranched alkanes of at least 4 members (excludes halogenated alkanes) is 2. The van der Waals surface area contributed by atoms with Crippen molar-refractivity contribution in [2.24, 2.45) is 5.92 Å². The Morgan fingerprint density at radius 2 is 1.92 bits per heavy atom. The molecular formula is C11H23N. The summed E-state index contributed by atoms with van der Waals surface area (Å²) in [4.78, 5) is 2.62. The third-order valence-electron chi connectivity index (χ3n) is 2.74. The maximum absolute atomic E-state index is 2.62. The van der Waals surface area contributed by atoms with Gasteiger partial charge in [0.2, 0.25) is 0 Å². The fourth-order valence-electron chi connectivity index (χ4n) is 1.63. The fraction of sp³-hybridized carbons (Fsp3) is 1.00. The van der Waals surface area contributed by atoms with Crippen molar-refractivity contribution >= 4 is 0 Å². The van der Waals surface area contributed by atoms with Gasteiger partial charge in [-0.25, -0.2) is 0 Å². The molecule has 0 aromatic carbocycles. The first kappa shape index (κ1) is 10.0. The quantitative estimate of drug-likeness (QED) is 0.530. The predicted molar refractivity (Wildman–Crippen MR) is 54.4 cm³/mol. The SMILES string of the molecule is CCCCCN(CC)CC1CC1. The lowest BCUT2D eigenvalue weighted by Gasteiger charge is -2.19. The number of hydrogen-bond donors (Lipinski definition) is 0. The predicted octanol–water partition coefficient (Wildman–Crippen LogP) is 2.91. The molecule has 1 aliphatic rings. The minimum atomic E-state index is 1.06. The zero-order chi connectivity index (χ0) is 8.81. The molecular weight excluding hydrogens is 146 g/mol. The molecule has 0 aliphatic heterocycles. The first-order valence-electron chi connectivity index (χ1n) is 5.59. The average molecular weight is 169 g/mol. The van der Waals surface area contributed by atoms with E-state index in [1.807, 2.05) is 0 Å². The van der Waals surface area contributed by atoms with E-state index in [1.165, 1.54) is 51.7 Å². The monoisotopic (exact) mass is 169 g/mol. The fourth-order valence-corrected chi connectivity index (χ4v) is 1.63. The Morgan fingerprint density at radius 1 is 1.17 bits per heavy atom. The van der Waals surface area contributed by atoms with Crippen LogP contribution in [-0.2, 0) is 0 Å². The van der Waals surface area contributed by atoms with Gasteiger partial charge in [0, 0.05) is 6.54 Å². The van der Waals surface area contributed by atoms with Crippen LogP contribution in [0, 0.1) is 5.92 Å². The summed E-state index contributed by atoms with van der Waals surface area (Å²) in [7, 11) is 0. The number of hydrogen-bond acceptors (Lipinski definition) is 1. The van der Waals surface area contributed by atoms with Gasteiger partial charge < -0.3 is 4.90 Å². The highest BCUT2D eigenvalue weighted by Gasteiger charge is 2.23. The third-order valence-corrected chi connectivity index (χ3v) is 2.74. The van der Waals surface area contributed by atoms with Crippen LogP contribution in [0.25, 0.3) is 0 Å². The second-order valence-electron chi connectivity index (χ2n) is 4.04. The van der Waals surface area contributed by atoms with Gasteiger partial charge >= 0.3 is 0 Å². The van der Waals surface area contributed by atoms with Gasteiger partial charge in [0.25, 0.3) is 0 Å². The van der Waals surface area contributed by atoms with Crippen molar-refractivity contribution in [3.8, 4) is 0 Å². The highest BCUT2D eigenvalue weighted by atomic mass is 15.1. The molecule has 0 aromatic heterocycles. The van der Waals surface area contributed by atoms with Crippen LogP contribution in [0.3, 0.4) is 0 Å². The molecule has 1 aliphatic carbocycles. The number of nitrogens with zero attached hydrogens (tertiary/aromatic N) is 1. The summed E-state index contributed by atoms with van der Waals surface area (Å²) >= 11 is 0. The molecule has 1 rings (SSSR count). The molecule has 0 aromatic rings. The van der Waals surface area contributed by atoms with E-state index in [0.29, 0.717) is 0 Å². The van der Waals surface area contributed by atoms with Crippen LogP contribution in [0.5, 0.6) is 0 Å². The van der Waals surface area contributed by atoms with Crippen LogP contribution in [0.2, 0.25) is 0 Å². The molecule has 1 saturated carbocycles. The molecule has 0 N–H and O–H groups in total. The summed E-state index contributed by atoms with van der Waals surface area (Å²) in [5, 5.41) is 0. The Kier molecular flexibility index (Phi) is 4.67. The van der Waals surface area contributed by atoms with Crippen molar-refractivity contribution in [3.05, 3.63) is 0 Å². The van der Waals surface area contributed by atoms with Gasteiger partial charge in [0.05, 0.1) is 0 Å². The maximum atomic E-state index is 2.62. The van der Waals surface area contributed by atoms with Crippen molar-refractivity contribution in [1.82, 2.24) is 4.90 Å². The van der Waals surface area contributed by atoms with Crippen LogP contribution in [0.4, 0.5) is 0 Å². The van der Waals surface area contributed by atoms with Crippen molar-refractivity contribution in [1.29, 1.82) is 0 Å². The molecule has 0 radical (unpaired) electrons. The van der Waals surface area contributed by atoms with Crippen LogP contribution in [0.15, 0.2) is 0 Å². The van der Waals surface area contributed by atoms with E-state index in [9.17, 15) is 0 Å². The normalized spacial score (nSPS) is 17.2. The highest BCUT2D eigenvalue weighted by molar-refractivity contribution is 4.76. The molecule has 1 nitrogen and oxygen atoms in total. The molecule has 0 saturated heterocycles. The summed E-state index contributed by atoms with van der Waals surface area (Å²) in [5.74, 6) is 1.06. The Hall–Kier alpha value is -0.0400. The molecule has 0 unspecified atom stereocenters. The molecule has 12 heavy (non-hydrogen) atoms. The summed E-state index contributed by atoms with van der Waals surface area (Å²) < 4.78 is 0. The van der Waals surface area contributed by atoms with Gasteiger partial charge in [0.1, 0.15) is 0 Å². The third kappa shape index (κ3) is 4.10. The van der Waals surface area contributed by atoms with E-state index in [1.54, 1.807) is 0 Å². The van der Waals surface area contributed by atoms with E-state index in [2.05, 4.69) is 18.7 Å². The second-order valence-corrected chi connectivity index (χ2v) is 4.04. The molecule has 0 amide bonds. The van der Waals surface area contributed by atoms with Crippen molar-refractivity contribution in [2.45, 2.75) is 46.0 Å². The van der Waals surface area contributed by atoms with E-state index in [4.69, 9.17) is 0 Å². The Morgan fingerprint density at radius 3 is 2.42 bits per heavy atom. The molecule has 1 heteroatoms. The summed E-state index contributed by atoms with van der Waals surface area (Å²) in [5.41, 5.74) is 0. The minimum absolute atomic E-state index is 1.06. The Labute approximate surface area is 77.1 Å². The molecule has 1 fully saturated rings. The van der Waals surface area contributed by atoms with Gasteiger partial charge in [-0.1, -0.05) is 26.7 Å². The lowest BCUT2D eigenvalue weighted by molar-refractivity contribution is 0.270. The number of rotatable bonds is 7. The Bertz CT molecular complexity index is 108. The summed E-state index contributed by atoms with van der Waals surface area (Å²) in [6.45, 7) is 8.52. The van der Waals surface area contributed by atoms with Gasteiger partial charge in [-0.05, 0) is 38.3 Å². The lowest BCUT2D eigenvalue weighted by Crippen LogP contribution is -2.26. The van der Waals surface area contributed by atoms with Crippen LogP contribution in [-0.4, -0.2) is 24.5 Å². The van der Waals surface area contributed by atoms with Crippen LogP contribution >= 0.6 is 0 Å². The Balaban J connectivity index is 1.98. The lowest BCUT2D eigenvalue weighted by atomic mass is 10.2. The largest absolute Gasteiger partial charge is 0.303 e. The standard InChI is InChI=1S/C11H23N/c1-3-5-6-9-12(4-2)10-11-7-8-11/h11H,3-10H2,1-2H3. The van der Waals surface area contributed by atoms with Crippen molar-refractivity contribution < 1.29 is 0 Å². The van der Waals surface area contributed by atoms with Crippen LogP contribution < -0.4 is 0 Å². The topological polar surface area (TPSA) is 3.24 Å². The maximum Gasteiger partial charge on any atom is 0.000954 e. The molecule has 0 atom stereocenters. The molecule has 72 valence electrons. The minimum Gasteiger partial charge on any atom is -0.303 e.